The smallest absolute Gasteiger partial charge is 0.417 e. The van der Waals surface area contributed by atoms with Gasteiger partial charge in [0.15, 0.2) is 0 Å². The summed E-state index contributed by atoms with van der Waals surface area (Å²) in [6, 6.07) is 5.98. The van der Waals surface area contributed by atoms with E-state index in [4.69, 9.17) is 4.74 Å². The number of nitrogens with zero attached hydrogens (tertiary/aromatic N) is 1. The molecule has 2 amide bonds. The average molecular weight is 436 g/mol. The second-order valence-electron chi connectivity index (χ2n) is 7.47. The van der Waals surface area contributed by atoms with E-state index < -0.39 is 17.6 Å². The van der Waals surface area contributed by atoms with E-state index >= 15 is 0 Å². The molecule has 0 radical (unpaired) electrons. The fraction of sp³-hybridized carbons (Fsp3) is 0.333. The van der Waals surface area contributed by atoms with Gasteiger partial charge in [0.2, 0.25) is 5.88 Å². The summed E-state index contributed by atoms with van der Waals surface area (Å²) >= 11 is 0. The SMILES string of the molecule is O=C(Nc1c[nH]c2ccc(F)cc12)NC1CCC(Oc2ccc(C(F)(F)F)cn2)CC1. The van der Waals surface area contributed by atoms with Crippen molar-refractivity contribution in [1.82, 2.24) is 15.3 Å². The Bertz CT molecular complexity index is 1060. The highest BCUT2D eigenvalue weighted by molar-refractivity contribution is 6.01. The van der Waals surface area contributed by atoms with E-state index in [9.17, 15) is 22.4 Å². The number of pyridine rings is 1. The van der Waals surface area contributed by atoms with Gasteiger partial charge >= 0.3 is 12.2 Å². The first kappa shape index (κ1) is 21.0. The standard InChI is InChI=1S/C21H20F4N4O2/c22-13-2-7-17-16(9-13)18(11-26-17)29-20(30)28-14-3-5-15(6-4-14)31-19-8-1-12(10-27-19)21(23,24)25/h1-2,7-11,14-15,26H,3-6H2,(H2,28,29,30). The number of rotatable bonds is 4. The van der Waals surface area contributed by atoms with Gasteiger partial charge < -0.3 is 20.4 Å². The number of H-pyrrole nitrogens is 1. The van der Waals surface area contributed by atoms with Gasteiger partial charge in [-0.05, 0) is 49.9 Å². The van der Waals surface area contributed by atoms with Gasteiger partial charge in [0.1, 0.15) is 11.9 Å². The summed E-state index contributed by atoms with van der Waals surface area (Å²) in [5, 5.41) is 6.20. The highest BCUT2D eigenvalue weighted by Gasteiger charge is 2.31. The Kier molecular flexibility index (Phi) is 5.71. The van der Waals surface area contributed by atoms with Crippen molar-refractivity contribution in [3.63, 3.8) is 0 Å². The third-order valence-electron chi connectivity index (χ3n) is 5.25. The number of aromatic amines is 1. The zero-order valence-corrected chi connectivity index (χ0v) is 16.3. The van der Waals surface area contributed by atoms with E-state index in [2.05, 4.69) is 20.6 Å². The largest absolute Gasteiger partial charge is 0.474 e. The van der Waals surface area contributed by atoms with Gasteiger partial charge in [0.05, 0.1) is 11.3 Å². The van der Waals surface area contributed by atoms with E-state index in [-0.39, 0.29) is 24.1 Å². The number of nitrogens with one attached hydrogen (secondary N) is 3. The van der Waals surface area contributed by atoms with Crippen molar-refractivity contribution in [1.29, 1.82) is 0 Å². The van der Waals surface area contributed by atoms with Crippen LogP contribution in [0.3, 0.4) is 0 Å². The Labute approximate surface area is 175 Å². The third kappa shape index (κ3) is 5.07. The maximum atomic E-state index is 13.5. The molecular weight excluding hydrogens is 416 g/mol. The molecule has 31 heavy (non-hydrogen) atoms. The third-order valence-corrected chi connectivity index (χ3v) is 5.25. The van der Waals surface area contributed by atoms with Crippen LogP contribution in [-0.4, -0.2) is 28.1 Å². The van der Waals surface area contributed by atoms with Crippen LogP contribution in [-0.2, 0) is 6.18 Å². The van der Waals surface area contributed by atoms with Crippen LogP contribution in [0.5, 0.6) is 5.88 Å². The van der Waals surface area contributed by atoms with Crippen LogP contribution >= 0.6 is 0 Å². The zero-order chi connectivity index (χ0) is 22.0. The summed E-state index contributed by atoms with van der Waals surface area (Å²) in [7, 11) is 0. The fourth-order valence-corrected chi connectivity index (χ4v) is 3.65. The van der Waals surface area contributed by atoms with Gasteiger partial charge in [-0.3, -0.25) is 0 Å². The van der Waals surface area contributed by atoms with E-state index in [0.29, 0.717) is 42.3 Å². The van der Waals surface area contributed by atoms with E-state index in [1.165, 1.54) is 18.2 Å². The number of aromatic nitrogens is 2. The molecule has 0 bridgehead atoms. The summed E-state index contributed by atoms with van der Waals surface area (Å²) in [6.07, 6.45) is 0.313. The first-order chi connectivity index (χ1) is 14.8. The predicted molar refractivity (Wildman–Crippen MR) is 106 cm³/mol. The average Bonchev–Trinajstić information content (AvgIpc) is 3.11. The Morgan fingerprint density at radius 3 is 2.58 bits per heavy atom. The topological polar surface area (TPSA) is 79.0 Å². The fourth-order valence-electron chi connectivity index (χ4n) is 3.65. The number of hydrogen-bond acceptors (Lipinski definition) is 3. The summed E-state index contributed by atoms with van der Waals surface area (Å²) in [6.45, 7) is 0. The number of carbonyl (C=O) groups excluding carboxylic acids is 1. The number of halogens is 4. The molecule has 0 unspecified atom stereocenters. The van der Waals surface area contributed by atoms with Crippen molar-refractivity contribution in [3.05, 3.63) is 54.1 Å². The van der Waals surface area contributed by atoms with Crippen molar-refractivity contribution in [2.24, 2.45) is 0 Å². The minimum absolute atomic E-state index is 0.0673. The predicted octanol–water partition coefficient (Wildman–Crippen LogP) is 5.23. The van der Waals surface area contributed by atoms with Crippen LogP contribution in [0.1, 0.15) is 31.2 Å². The molecule has 4 rings (SSSR count). The van der Waals surface area contributed by atoms with Crippen molar-refractivity contribution in [2.75, 3.05) is 5.32 Å². The van der Waals surface area contributed by atoms with Gasteiger partial charge in [-0.15, -0.1) is 0 Å². The number of urea groups is 1. The highest BCUT2D eigenvalue weighted by atomic mass is 19.4. The van der Waals surface area contributed by atoms with Crippen molar-refractivity contribution < 1.29 is 27.1 Å². The molecule has 10 heteroatoms. The normalized spacial score (nSPS) is 19.2. The molecule has 0 atom stereocenters. The van der Waals surface area contributed by atoms with Gasteiger partial charge in [-0.1, -0.05) is 0 Å². The van der Waals surface area contributed by atoms with Crippen molar-refractivity contribution in [2.45, 2.75) is 44.0 Å². The lowest BCUT2D eigenvalue weighted by molar-refractivity contribution is -0.137. The van der Waals surface area contributed by atoms with E-state index in [1.54, 1.807) is 12.3 Å². The van der Waals surface area contributed by atoms with Crippen LogP contribution in [0, 0.1) is 5.82 Å². The first-order valence-corrected chi connectivity index (χ1v) is 9.82. The second-order valence-corrected chi connectivity index (χ2v) is 7.47. The van der Waals surface area contributed by atoms with Crippen LogP contribution in [0.2, 0.25) is 0 Å². The van der Waals surface area contributed by atoms with Crippen molar-refractivity contribution in [3.8, 4) is 5.88 Å². The minimum atomic E-state index is -4.43. The number of alkyl halides is 3. The number of carbonyl (C=O) groups is 1. The van der Waals surface area contributed by atoms with Gasteiger partial charge in [0.25, 0.3) is 0 Å². The lowest BCUT2D eigenvalue weighted by Crippen LogP contribution is -2.41. The Morgan fingerprint density at radius 2 is 1.90 bits per heavy atom. The summed E-state index contributed by atoms with van der Waals surface area (Å²) in [4.78, 5) is 19.0. The first-order valence-electron chi connectivity index (χ1n) is 9.82. The van der Waals surface area contributed by atoms with E-state index in [1.807, 2.05) is 0 Å². The molecule has 2 aromatic heterocycles. The van der Waals surface area contributed by atoms with E-state index in [0.717, 1.165) is 12.3 Å². The molecule has 1 aromatic carbocycles. The van der Waals surface area contributed by atoms with Gasteiger partial charge in [0, 0.05) is 35.4 Å². The van der Waals surface area contributed by atoms with Crippen LogP contribution in [0.4, 0.5) is 28.0 Å². The number of hydrogen-bond donors (Lipinski definition) is 3. The molecule has 0 aliphatic heterocycles. The lowest BCUT2D eigenvalue weighted by atomic mass is 9.93. The monoisotopic (exact) mass is 436 g/mol. The molecule has 0 saturated heterocycles. The van der Waals surface area contributed by atoms with Crippen molar-refractivity contribution >= 4 is 22.6 Å². The Hall–Kier alpha value is -3.30. The quantitative estimate of drug-likeness (QED) is 0.490. The second kappa shape index (κ2) is 8.44. The number of amides is 2. The summed E-state index contributed by atoms with van der Waals surface area (Å²) in [5.74, 6) is -0.245. The molecule has 3 N–H and O–H groups in total. The van der Waals surface area contributed by atoms with Crippen LogP contribution < -0.4 is 15.4 Å². The molecule has 6 nitrogen and oxygen atoms in total. The molecule has 1 aliphatic carbocycles. The van der Waals surface area contributed by atoms with Crippen LogP contribution in [0.15, 0.2) is 42.7 Å². The lowest BCUT2D eigenvalue weighted by Gasteiger charge is -2.29. The van der Waals surface area contributed by atoms with Gasteiger partial charge in [-0.25, -0.2) is 14.2 Å². The summed E-state index contributed by atoms with van der Waals surface area (Å²) < 4.78 is 56.9. The van der Waals surface area contributed by atoms with Crippen LogP contribution in [0.25, 0.3) is 10.9 Å². The minimum Gasteiger partial charge on any atom is -0.474 e. The number of anilines is 1. The molecular formula is C21H20F4N4O2. The van der Waals surface area contributed by atoms with Gasteiger partial charge in [-0.2, -0.15) is 13.2 Å². The maximum Gasteiger partial charge on any atom is 0.417 e. The molecule has 2 heterocycles. The number of benzene rings is 1. The summed E-state index contributed by atoms with van der Waals surface area (Å²) in [5.41, 5.74) is 0.375. The molecule has 164 valence electrons. The number of ether oxygens (including phenoxy) is 1. The zero-order valence-electron chi connectivity index (χ0n) is 16.3. The molecule has 1 fully saturated rings. The maximum absolute atomic E-state index is 13.5. The molecule has 1 saturated carbocycles. The Balaban J connectivity index is 1.26. The molecule has 0 spiro atoms. The molecule has 3 aromatic rings. The highest BCUT2D eigenvalue weighted by Crippen LogP contribution is 2.30. The Morgan fingerprint density at radius 1 is 1.13 bits per heavy atom. The number of fused-ring (bicyclic) bond motifs is 1. The molecule has 1 aliphatic rings.